The molecule has 1 rings (SSSR count). The van der Waals surface area contributed by atoms with Gasteiger partial charge in [-0.15, -0.1) is 23.6 Å². The van der Waals surface area contributed by atoms with E-state index in [0.29, 0.717) is 17.8 Å². The molecular formula is C13H17N3O2WY-2. The second-order valence-corrected chi connectivity index (χ2v) is 3.89. The van der Waals surface area contributed by atoms with Crippen LogP contribution in [0.25, 0.3) is 0 Å². The first-order valence-electron chi connectivity index (χ1n) is 5.83. The summed E-state index contributed by atoms with van der Waals surface area (Å²) >= 11 is 0. The van der Waals surface area contributed by atoms with E-state index in [9.17, 15) is 9.70 Å². The molecular weight excluding hydrogens is 503 g/mol. The van der Waals surface area contributed by atoms with Crippen LogP contribution in [0.4, 0.5) is 11.4 Å². The van der Waals surface area contributed by atoms with Crippen LogP contribution in [0.3, 0.4) is 0 Å². The number of ketones is 1. The number of hydrogen-bond donors (Lipinski definition) is 1. The van der Waals surface area contributed by atoms with Crippen LogP contribution in [0.1, 0.15) is 30.6 Å². The van der Waals surface area contributed by atoms with Crippen molar-refractivity contribution in [3.8, 4) is 0 Å². The number of rotatable bonds is 7. The molecule has 0 unspecified atom stereocenters. The number of nitroso groups, excluding NO2 is 1. The molecule has 0 aliphatic carbocycles. The number of nitrogens with zero attached hydrogens (tertiary/aromatic N) is 2. The number of carbonyl (C=O) groups is 1. The minimum atomic E-state index is -0.128. The van der Waals surface area contributed by atoms with E-state index in [1.807, 2.05) is 4.90 Å². The van der Waals surface area contributed by atoms with E-state index in [0.717, 1.165) is 18.7 Å². The van der Waals surface area contributed by atoms with Crippen molar-refractivity contribution < 1.29 is 58.6 Å². The van der Waals surface area contributed by atoms with Crippen molar-refractivity contribution in [2.45, 2.75) is 20.3 Å². The fourth-order valence-electron chi connectivity index (χ4n) is 1.72. The Hall–Kier alpha value is -0.118. The summed E-state index contributed by atoms with van der Waals surface area (Å²) in [5.74, 6) is -0.128. The Morgan fingerprint density at radius 3 is 2.65 bits per heavy atom. The minimum Gasteiger partial charge on any atom is -0.423 e. The molecule has 0 bridgehead atoms. The predicted molar refractivity (Wildman–Crippen MR) is 72.6 cm³/mol. The van der Waals surface area contributed by atoms with E-state index in [1.54, 1.807) is 12.1 Å². The second kappa shape index (κ2) is 11.5. The quantitative estimate of drug-likeness (QED) is 0.260. The summed E-state index contributed by atoms with van der Waals surface area (Å²) in [5.41, 5.74) is 3.86. The van der Waals surface area contributed by atoms with Crippen LogP contribution < -0.4 is 10.3 Å². The maximum Gasteiger partial charge on any atom is 0.137 e. The zero-order valence-corrected chi connectivity index (χ0v) is 17.5. The molecule has 0 saturated heterocycles. The van der Waals surface area contributed by atoms with Gasteiger partial charge >= 0.3 is 0 Å². The first-order valence-corrected chi connectivity index (χ1v) is 5.83. The summed E-state index contributed by atoms with van der Waals surface area (Å²) in [7, 11) is 0. The minimum absolute atomic E-state index is 0. The molecule has 1 aromatic rings. The number of anilines is 2. The van der Waals surface area contributed by atoms with Gasteiger partial charge in [-0.1, -0.05) is 18.2 Å². The Kier molecular flexibility index (Phi) is 12.8. The topological polar surface area (TPSA) is 61.8 Å². The van der Waals surface area contributed by atoms with Crippen molar-refractivity contribution in [3.63, 3.8) is 0 Å². The van der Waals surface area contributed by atoms with Gasteiger partial charge in [0.25, 0.3) is 0 Å². The third-order valence-corrected chi connectivity index (χ3v) is 2.59. The molecule has 0 atom stereocenters. The van der Waals surface area contributed by atoms with Gasteiger partial charge in [0.2, 0.25) is 0 Å². The van der Waals surface area contributed by atoms with Crippen molar-refractivity contribution in [2.24, 2.45) is 5.29 Å². The molecule has 7 heteroatoms. The van der Waals surface area contributed by atoms with E-state index in [2.05, 4.69) is 30.6 Å². The number of benzene rings is 1. The van der Waals surface area contributed by atoms with E-state index >= 15 is 0 Å². The van der Waals surface area contributed by atoms with Crippen molar-refractivity contribution in [1.82, 2.24) is 0 Å². The van der Waals surface area contributed by atoms with Crippen molar-refractivity contribution >= 4 is 17.2 Å². The van der Waals surface area contributed by atoms with Gasteiger partial charge in [0.05, 0.1) is 0 Å². The Morgan fingerprint density at radius 2 is 2.20 bits per heavy atom. The Morgan fingerprint density at radius 1 is 1.55 bits per heavy atom. The van der Waals surface area contributed by atoms with Crippen LogP contribution >= 0.6 is 0 Å². The van der Waals surface area contributed by atoms with Crippen LogP contribution in [-0.2, 0) is 53.8 Å². The van der Waals surface area contributed by atoms with E-state index in [-0.39, 0.29) is 59.6 Å². The maximum atomic E-state index is 11.5. The average Bonchev–Trinajstić information content (AvgIpc) is 2.36. The summed E-state index contributed by atoms with van der Waals surface area (Å²) in [6.45, 7) is 8.81. The van der Waals surface area contributed by atoms with Crippen molar-refractivity contribution in [3.05, 3.63) is 35.6 Å². The largest absolute Gasteiger partial charge is 0.423 e. The molecule has 0 heterocycles. The maximum absolute atomic E-state index is 11.5. The second-order valence-electron chi connectivity index (χ2n) is 3.89. The Balaban J connectivity index is 0. The number of hydrogen-bond acceptors (Lipinski definition) is 4. The van der Waals surface area contributed by atoms with E-state index in [1.165, 1.54) is 6.92 Å². The monoisotopic (exact) mass is 520 g/mol. The molecule has 20 heavy (non-hydrogen) atoms. The molecule has 0 amide bonds. The zero-order chi connectivity index (χ0) is 13.5. The Labute approximate surface area is 159 Å². The summed E-state index contributed by atoms with van der Waals surface area (Å²) < 4.78 is 0. The summed E-state index contributed by atoms with van der Waals surface area (Å²) in [5, 5.41) is 2.58. The van der Waals surface area contributed by atoms with Gasteiger partial charge < -0.3 is 11.8 Å². The van der Waals surface area contributed by atoms with Crippen LogP contribution in [0, 0.1) is 17.9 Å². The summed E-state index contributed by atoms with van der Waals surface area (Å²) in [6.07, 6.45) is 0.981. The van der Waals surface area contributed by atoms with Gasteiger partial charge in [-0.25, -0.2) is 0 Å². The molecule has 107 valence electrons. The fraction of sp³-hybridized carbons (Fsp3) is 0.385. The molecule has 0 saturated carbocycles. The molecule has 0 aliphatic rings. The third kappa shape index (κ3) is 6.11. The first-order chi connectivity index (χ1) is 8.63. The van der Waals surface area contributed by atoms with Gasteiger partial charge in [-0.2, -0.15) is 6.07 Å². The van der Waals surface area contributed by atoms with Gasteiger partial charge in [0.1, 0.15) is 5.78 Å². The number of Topliss-reactive ketones (excluding diaryl/α,β-unsaturated/α-hetero) is 1. The molecule has 0 spiro atoms. The van der Waals surface area contributed by atoms with E-state index < -0.39 is 0 Å². The van der Waals surface area contributed by atoms with E-state index in [4.69, 9.17) is 0 Å². The predicted octanol–water partition coefficient (Wildman–Crippen LogP) is 2.83. The SMILES string of the molecule is [CH2-]CN(CCC)c1[c-]cc(NN=O)c(C(C)=O)c1.[W].[Y]. The van der Waals surface area contributed by atoms with Crippen LogP contribution in [0.15, 0.2) is 17.4 Å². The fourth-order valence-corrected chi connectivity index (χ4v) is 1.72. The molecule has 1 N–H and O–H groups in total. The van der Waals surface area contributed by atoms with Crippen LogP contribution in [0.5, 0.6) is 0 Å². The average molecular weight is 520 g/mol. The molecule has 0 fully saturated rings. The number of carbonyl (C=O) groups excluding carboxylic acids is 1. The standard InChI is InChI=1S/C13H17N3O2.W.Y/c1-4-8-16(5-2)11-6-7-13(14-15-18)12(9-11)10(3)17;;/h7,9H,2,4-5,8H2,1,3H3,(H,14,18);;/q-2;;. The molecule has 0 aliphatic heterocycles. The smallest absolute Gasteiger partial charge is 0.137 e. The van der Waals surface area contributed by atoms with Crippen molar-refractivity contribution in [1.29, 1.82) is 0 Å². The van der Waals surface area contributed by atoms with Gasteiger partial charge in [0.15, 0.2) is 0 Å². The normalized spacial score (nSPS) is 8.95. The van der Waals surface area contributed by atoms with Crippen LogP contribution in [-0.4, -0.2) is 18.9 Å². The van der Waals surface area contributed by atoms with Crippen LogP contribution in [0.2, 0.25) is 0 Å². The number of nitrogens with one attached hydrogen (secondary N) is 1. The van der Waals surface area contributed by atoms with Crippen molar-refractivity contribution in [2.75, 3.05) is 23.4 Å². The Bertz CT molecular complexity index is 444. The molecule has 1 aromatic carbocycles. The third-order valence-electron chi connectivity index (χ3n) is 2.59. The summed E-state index contributed by atoms with van der Waals surface area (Å²) in [4.78, 5) is 23.8. The molecule has 0 aromatic heterocycles. The van der Waals surface area contributed by atoms with Gasteiger partial charge in [-0.05, 0) is 19.0 Å². The first kappa shape index (κ1) is 22.2. The summed E-state index contributed by atoms with van der Waals surface area (Å²) in [6, 6.07) is 6.29. The van der Waals surface area contributed by atoms with Gasteiger partial charge in [-0.3, -0.25) is 10.2 Å². The zero-order valence-electron chi connectivity index (χ0n) is 11.7. The molecule has 5 nitrogen and oxygen atoms in total. The van der Waals surface area contributed by atoms with Gasteiger partial charge in [0, 0.05) is 65.6 Å². The molecule has 1 radical (unpaired) electrons.